The van der Waals surface area contributed by atoms with Crippen LogP contribution < -0.4 is 0 Å². The summed E-state index contributed by atoms with van der Waals surface area (Å²) in [5, 5.41) is 9.84. The minimum absolute atomic E-state index is 0.0280. The van der Waals surface area contributed by atoms with E-state index < -0.39 is 0 Å². The van der Waals surface area contributed by atoms with Crippen molar-refractivity contribution in [2.24, 2.45) is 11.8 Å². The summed E-state index contributed by atoms with van der Waals surface area (Å²) in [4.78, 5) is 0. The van der Waals surface area contributed by atoms with Crippen LogP contribution in [0.1, 0.15) is 41.0 Å². The van der Waals surface area contributed by atoms with Gasteiger partial charge in [0, 0.05) is 0 Å². The smallest absolute Gasteiger partial charge is 0.0728 e. The third-order valence-corrected chi connectivity index (χ3v) is 5.59. The molecule has 0 saturated carbocycles. The van der Waals surface area contributed by atoms with Crippen LogP contribution in [-0.4, -0.2) is 23.3 Å². The third-order valence-electron chi connectivity index (χ3n) is 1.99. The first-order valence-electron chi connectivity index (χ1n) is 5.39. The first-order valence-corrected chi connectivity index (χ1v) is 7.17. The first kappa shape index (κ1) is 13.4. The van der Waals surface area contributed by atoms with E-state index in [-0.39, 0.29) is 13.8 Å². The van der Waals surface area contributed by atoms with Gasteiger partial charge in [-0.2, -0.15) is 0 Å². The van der Waals surface area contributed by atoms with Crippen molar-refractivity contribution in [3.63, 3.8) is 0 Å². The third kappa shape index (κ3) is 6.46. The molecule has 80 valence electrons. The maximum atomic E-state index is 9.84. The predicted molar refractivity (Wildman–Crippen MR) is 62.6 cm³/mol. The fraction of sp³-hybridized carbons (Fsp3) is 1.00. The molecule has 0 fully saturated rings. The van der Waals surface area contributed by atoms with E-state index in [0.29, 0.717) is 0 Å². The molecule has 0 rings (SSSR count). The molecule has 0 radical (unpaired) electrons. The zero-order valence-electron chi connectivity index (χ0n) is 9.75. The van der Waals surface area contributed by atoms with Gasteiger partial charge in [-0.05, 0) is 30.6 Å². The summed E-state index contributed by atoms with van der Waals surface area (Å²) < 4.78 is 0. The van der Waals surface area contributed by atoms with Crippen molar-refractivity contribution >= 4 is 7.92 Å². The van der Waals surface area contributed by atoms with E-state index in [0.717, 1.165) is 18.3 Å². The fourth-order valence-electron chi connectivity index (χ4n) is 1.51. The van der Waals surface area contributed by atoms with E-state index >= 15 is 0 Å². The Balaban J connectivity index is 4.02. The van der Waals surface area contributed by atoms with Crippen molar-refractivity contribution in [1.82, 2.24) is 0 Å². The van der Waals surface area contributed by atoms with Crippen molar-refractivity contribution in [2.75, 3.05) is 12.3 Å². The maximum absolute atomic E-state index is 9.84. The zero-order valence-corrected chi connectivity index (χ0v) is 10.6. The summed E-state index contributed by atoms with van der Waals surface area (Å²) in [6, 6.07) is 0. The molecule has 1 unspecified atom stereocenters. The lowest BCUT2D eigenvalue weighted by Crippen LogP contribution is -2.13. The second-order valence-corrected chi connectivity index (χ2v) is 7.13. The highest BCUT2D eigenvalue weighted by atomic mass is 31.1. The molecule has 0 aliphatic heterocycles. The van der Waals surface area contributed by atoms with Crippen molar-refractivity contribution in [2.45, 2.75) is 46.9 Å². The number of hydrogen-bond acceptors (Lipinski definition) is 1. The predicted octanol–water partition coefficient (Wildman–Crippen LogP) is 3.51. The number of rotatable bonds is 6. The summed E-state index contributed by atoms with van der Waals surface area (Å²) in [7, 11) is -0.145. The second-order valence-electron chi connectivity index (χ2n) is 4.63. The van der Waals surface area contributed by atoms with Crippen LogP contribution in [0.4, 0.5) is 0 Å². The van der Waals surface area contributed by atoms with Gasteiger partial charge in [0.15, 0.2) is 0 Å². The Hall–Kier alpha value is 0.390. The lowest BCUT2D eigenvalue weighted by atomic mass is 10.3. The van der Waals surface area contributed by atoms with Crippen LogP contribution in [0.5, 0.6) is 0 Å². The van der Waals surface area contributed by atoms with Gasteiger partial charge in [0.2, 0.25) is 0 Å². The Morgan fingerprint density at radius 2 is 1.38 bits per heavy atom. The van der Waals surface area contributed by atoms with E-state index in [1.165, 1.54) is 12.3 Å². The molecule has 0 amide bonds. The molecule has 13 heavy (non-hydrogen) atoms. The zero-order chi connectivity index (χ0) is 10.4. The highest BCUT2D eigenvalue weighted by Crippen LogP contribution is 2.44. The summed E-state index contributed by atoms with van der Waals surface area (Å²) in [6.45, 7) is 11.1. The van der Waals surface area contributed by atoms with Crippen LogP contribution in [0.15, 0.2) is 0 Å². The summed E-state index contributed by atoms with van der Waals surface area (Å²) in [5.74, 6) is 1.43. The average molecular weight is 204 g/mol. The molecule has 0 aromatic carbocycles. The molecule has 2 heteroatoms. The van der Waals surface area contributed by atoms with Crippen LogP contribution >= 0.6 is 7.92 Å². The Morgan fingerprint density at radius 3 is 1.62 bits per heavy atom. The lowest BCUT2D eigenvalue weighted by Gasteiger charge is -2.26. The van der Waals surface area contributed by atoms with Gasteiger partial charge in [-0.25, -0.2) is 0 Å². The van der Waals surface area contributed by atoms with Crippen LogP contribution in [0.25, 0.3) is 0 Å². The minimum Gasteiger partial charge on any atom is -0.389 e. The van der Waals surface area contributed by atoms with Gasteiger partial charge >= 0.3 is 0 Å². The largest absolute Gasteiger partial charge is 0.389 e. The summed E-state index contributed by atoms with van der Waals surface area (Å²) in [6.07, 6.45) is 3.37. The molecule has 0 aliphatic carbocycles. The van der Waals surface area contributed by atoms with Gasteiger partial charge < -0.3 is 5.11 Å². The van der Waals surface area contributed by atoms with Gasteiger partial charge in [0.1, 0.15) is 0 Å². The Kier molecular flexibility index (Phi) is 6.99. The molecular weight excluding hydrogens is 179 g/mol. The van der Waals surface area contributed by atoms with Crippen LogP contribution in [0.2, 0.25) is 0 Å². The molecule has 0 bridgehead atoms. The molecule has 1 atom stereocenters. The number of aliphatic hydroxyl groups excluding tert-OH is 1. The van der Waals surface area contributed by atoms with Gasteiger partial charge in [-0.3, -0.25) is 0 Å². The Bertz CT molecular complexity index is 113. The second kappa shape index (κ2) is 6.79. The van der Waals surface area contributed by atoms with Gasteiger partial charge in [0.25, 0.3) is 0 Å². The first-order chi connectivity index (χ1) is 5.97. The molecule has 0 saturated heterocycles. The normalized spacial score (nSPS) is 14.5. The Morgan fingerprint density at radius 1 is 1.00 bits per heavy atom. The highest BCUT2D eigenvalue weighted by molar-refractivity contribution is 7.58. The lowest BCUT2D eigenvalue weighted by molar-refractivity contribution is 0.251. The maximum Gasteiger partial charge on any atom is 0.0728 e. The summed E-state index contributed by atoms with van der Waals surface area (Å²) in [5.41, 5.74) is 0. The van der Waals surface area contributed by atoms with Crippen molar-refractivity contribution in [1.29, 1.82) is 0 Å². The SMILES string of the molecule is CCC(O)P(CC(C)C)CC(C)C. The molecule has 1 nitrogen and oxygen atoms in total. The van der Waals surface area contributed by atoms with Gasteiger partial charge in [-0.15, -0.1) is 0 Å². The van der Waals surface area contributed by atoms with E-state index in [1.54, 1.807) is 0 Å². The van der Waals surface area contributed by atoms with Gasteiger partial charge in [0.05, 0.1) is 5.85 Å². The Labute approximate surface area is 84.7 Å². The fourth-order valence-corrected chi connectivity index (χ4v) is 4.54. The molecular formula is C11H25OP. The van der Waals surface area contributed by atoms with Crippen LogP contribution in [-0.2, 0) is 0 Å². The molecule has 0 aromatic rings. The van der Waals surface area contributed by atoms with Crippen LogP contribution in [0.3, 0.4) is 0 Å². The molecule has 0 heterocycles. The number of hydrogen-bond donors (Lipinski definition) is 1. The van der Waals surface area contributed by atoms with E-state index in [9.17, 15) is 5.11 Å². The van der Waals surface area contributed by atoms with E-state index in [2.05, 4.69) is 34.6 Å². The molecule has 0 aromatic heterocycles. The standard InChI is InChI=1S/C11H25OP/c1-6-11(12)13(7-9(2)3)8-10(4)5/h9-12H,6-8H2,1-5H3. The van der Waals surface area contributed by atoms with Crippen molar-refractivity contribution in [3.05, 3.63) is 0 Å². The summed E-state index contributed by atoms with van der Waals surface area (Å²) >= 11 is 0. The highest BCUT2D eigenvalue weighted by Gasteiger charge is 2.18. The van der Waals surface area contributed by atoms with Crippen molar-refractivity contribution < 1.29 is 5.11 Å². The molecule has 0 aliphatic rings. The van der Waals surface area contributed by atoms with Gasteiger partial charge in [-0.1, -0.05) is 42.5 Å². The van der Waals surface area contributed by atoms with E-state index in [1.807, 2.05) is 0 Å². The monoisotopic (exact) mass is 204 g/mol. The number of aliphatic hydroxyl groups is 1. The molecule has 1 N–H and O–H groups in total. The quantitative estimate of drug-likeness (QED) is 0.656. The average Bonchev–Trinajstić information content (AvgIpc) is 2.00. The topological polar surface area (TPSA) is 20.2 Å². The van der Waals surface area contributed by atoms with Crippen LogP contribution in [0, 0.1) is 11.8 Å². The van der Waals surface area contributed by atoms with E-state index in [4.69, 9.17) is 0 Å². The minimum atomic E-state index is -0.145. The van der Waals surface area contributed by atoms with Crippen molar-refractivity contribution in [3.8, 4) is 0 Å². The molecule has 0 spiro atoms.